The first-order valence-electron chi connectivity index (χ1n) is 8.80. The molecular formula is C19H24N6O. The van der Waals surface area contributed by atoms with Crippen molar-refractivity contribution in [3.8, 4) is 17.1 Å². The van der Waals surface area contributed by atoms with Crippen LogP contribution in [0, 0.1) is 0 Å². The highest BCUT2D eigenvalue weighted by Gasteiger charge is 2.13. The molecule has 0 amide bonds. The van der Waals surface area contributed by atoms with Crippen molar-refractivity contribution in [2.45, 2.75) is 32.7 Å². The van der Waals surface area contributed by atoms with Crippen LogP contribution >= 0.6 is 0 Å². The zero-order chi connectivity index (χ0) is 18.4. The Morgan fingerprint density at radius 1 is 1.12 bits per heavy atom. The van der Waals surface area contributed by atoms with E-state index in [4.69, 9.17) is 14.8 Å². The molecule has 0 aliphatic heterocycles. The van der Waals surface area contributed by atoms with Gasteiger partial charge in [0.2, 0.25) is 5.95 Å². The Balaban J connectivity index is 1.87. The minimum Gasteiger partial charge on any atom is -0.497 e. The second-order valence-electron chi connectivity index (χ2n) is 6.00. The fraction of sp³-hybridized carbons (Fsp3) is 0.368. The predicted octanol–water partition coefficient (Wildman–Crippen LogP) is 3.18. The zero-order valence-electron chi connectivity index (χ0n) is 15.4. The van der Waals surface area contributed by atoms with E-state index in [1.54, 1.807) is 26.6 Å². The van der Waals surface area contributed by atoms with Crippen molar-refractivity contribution >= 4 is 5.95 Å². The Kier molecular flexibility index (Phi) is 5.78. The van der Waals surface area contributed by atoms with Crippen LogP contribution in [-0.4, -0.2) is 38.9 Å². The topological polar surface area (TPSA) is 77.8 Å². The Hall–Kier alpha value is -2.96. The lowest BCUT2D eigenvalue weighted by Gasteiger charge is -2.05. The van der Waals surface area contributed by atoms with Crippen molar-refractivity contribution in [3.05, 3.63) is 48.0 Å². The number of hydrogen-bond donors (Lipinski definition) is 1. The molecule has 7 heteroatoms. The third-order valence-electron chi connectivity index (χ3n) is 4.09. The summed E-state index contributed by atoms with van der Waals surface area (Å²) >= 11 is 0. The number of nitrogens with one attached hydrogen (secondary N) is 1. The maximum atomic E-state index is 5.21. The molecule has 0 aliphatic carbocycles. The van der Waals surface area contributed by atoms with E-state index in [0.717, 1.165) is 47.9 Å². The summed E-state index contributed by atoms with van der Waals surface area (Å²) in [6, 6.07) is 7.98. The highest BCUT2D eigenvalue weighted by atomic mass is 16.5. The first-order chi connectivity index (χ1) is 12.7. The molecule has 3 rings (SSSR count). The van der Waals surface area contributed by atoms with E-state index < -0.39 is 0 Å². The quantitative estimate of drug-likeness (QED) is 0.671. The lowest BCUT2D eigenvalue weighted by atomic mass is 10.1. The molecule has 1 N–H and O–H groups in total. The lowest BCUT2D eigenvalue weighted by molar-refractivity contribution is 0.414. The number of aromatic nitrogens is 5. The second-order valence-corrected chi connectivity index (χ2v) is 6.00. The summed E-state index contributed by atoms with van der Waals surface area (Å²) in [6.07, 6.45) is 6.38. The molecular weight excluding hydrogens is 328 g/mol. The van der Waals surface area contributed by atoms with E-state index in [9.17, 15) is 0 Å². The molecule has 0 bridgehead atoms. The molecule has 7 nitrogen and oxygen atoms in total. The van der Waals surface area contributed by atoms with Crippen LogP contribution < -0.4 is 10.1 Å². The molecule has 136 valence electrons. The fourth-order valence-corrected chi connectivity index (χ4v) is 2.64. The van der Waals surface area contributed by atoms with E-state index >= 15 is 0 Å². The van der Waals surface area contributed by atoms with Gasteiger partial charge in [-0.15, -0.1) is 0 Å². The van der Waals surface area contributed by atoms with Crippen LogP contribution in [0.4, 0.5) is 5.95 Å². The van der Waals surface area contributed by atoms with Gasteiger partial charge in [0.25, 0.3) is 0 Å². The summed E-state index contributed by atoms with van der Waals surface area (Å²) in [5, 5.41) is 7.63. The number of benzene rings is 1. The molecule has 3 aromatic rings. The molecule has 0 atom stereocenters. The van der Waals surface area contributed by atoms with Gasteiger partial charge in [-0.3, -0.25) is 0 Å². The average Bonchev–Trinajstić information content (AvgIpc) is 3.09. The molecule has 0 radical (unpaired) electrons. The summed E-state index contributed by atoms with van der Waals surface area (Å²) in [6.45, 7) is 2.99. The third kappa shape index (κ3) is 4.17. The zero-order valence-corrected chi connectivity index (χ0v) is 15.4. The average molecular weight is 352 g/mol. The van der Waals surface area contributed by atoms with Crippen molar-refractivity contribution in [1.82, 2.24) is 24.7 Å². The van der Waals surface area contributed by atoms with Gasteiger partial charge < -0.3 is 10.1 Å². The van der Waals surface area contributed by atoms with Crippen molar-refractivity contribution in [1.29, 1.82) is 0 Å². The number of methoxy groups -OCH3 is 1. The van der Waals surface area contributed by atoms with Crippen LogP contribution in [0.5, 0.6) is 5.75 Å². The van der Waals surface area contributed by atoms with E-state index in [1.165, 1.54) is 0 Å². The van der Waals surface area contributed by atoms with Gasteiger partial charge in [-0.1, -0.05) is 25.5 Å². The molecule has 26 heavy (non-hydrogen) atoms. The number of unbranched alkanes of at least 4 members (excludes halogenated alkanes) is 1. The number of ether oxygens (including phenoxy) is 1. The van der Waals surface area contributed by atoms with Crippen LogP contribution in [0.3, 0.4) is 0 Å². The van der Waals surface area contributed by atoms with Crippen LogP contribution in [0.1, 0.15) is 31.2 Å². The van der Waals surface area contributed by atoms with Gasteiger partial charge in [0.05, 0.1) is 12.7 Å². The standard InChI is InChI=1S/C19H24N6O/c1-4-5-10-25-18(15-12-21-19(20-2)22-13-15)23-17(24-25)11-14-6-8-16(26-3)9-7-14/h6-9,12-13H,4-5,10-11H2,1-3H3,(H,20,21,22). The molecule has 0 unspecified atom stereocenters. The number of anilines is 1. The van der Waals surface area contributed by atoms with Crippen LogP contribution in [-0.2, 0) is 13.0 Å². The monoisotopic (exact) mass is 352 g/mol. The van der Waals surface area contributed by atoms with Crippen LogP contribution in [0.15, 0.2) is 36.7 Å². The maximum absolute atomic E-state index is 5.21. The van der Waals surface area contributed by atoms with E-state index in [2.05, 4.69) is 22.2 Å². The summed E-state index contributed by atoms with van der Waals surface area (Å²) in [5.41, 5.74) is 2.01. The molecule has 2 aromatic heterocycles. The molecule has 0 saturated heterocycles. The van der Waals surface area contributed by atoms with Gasteiger partial charge >= 0.3 is 0 Å². The van der Waals surface area contributed by atoms with Gasteiger partial charge in [0.1, 0.15) is 5.75 Å². The fourth-order valence-electron chi connectivity index (χ4n) is 2.64. The largest absolute Gasteiger partial charge is 0.497 e. The Bertz CT molecular complexity index is 826. The van der Waals surface area contributed by atoms with Gasteiger partial charge in [-0.05, 0) is 24.1 Å². The van der Waals surface area contributed by atoms with Crippen molar-refractivity contribution in [2.24, 2.45) is 0 Å². The number of nitrogens with zero attached hydrogens (tertiary/aromatic N) is 5. The first kappa shape index (κ1) is 17.8. The lowest BCUT2D eigenvalue weighted by Crippen LogP contribution is -2.04. The summed E-state index contributed by atoms with van der Waals surface area (Å²) in [5.74, 6) is 3.04. The highest BCUT2D eigenvalue weighted by molar-refractivity contribution is 5.53. The minimum absolute atomic E-state index is 0.590. The Labute approximate surface area is 153 Å². The summed E-state index contributed by atoms with van der Waals surface area (Å²) < 4.78 is 7.17. The summed E-state index contributed by atoms with van der Waals surface area (Å²) in [4.78, 5) is 13.3. The van der Waals surface area contributed by atoms with Crippen molar-refractivity contribution in [2.75, 3.05) is 19.5 Å². The SMILES string of the molecule is CCCCn1nc(Cc2ccc(OC)cc2)nc1-c1cnc(NC)nc1. The molecule has 2 heterocycles. The molecule has 1 aromatic carbocycles. The molecule has 0 saturated carbocycles. The van der Waals surface area contributed by atoms with Gasteiger partial charge in [0.15, 0.2) is 11.6 Å². The first-order valence-corrected chi connectivity index (χ1v) is 8.80. The Morgan fingerprint density at radius 3 is 2.46 bits per heavy atom. The van der Waals surface area contributed by atoms with Gasteiger partial charge in [-0.25, -0.2) is 19.6 Å². The van der Waals surface area contributed by atoms with Crippen LogP contribution in [0.25, 0.3) is 11.4 Å². The van der Waals surface area contributed by atoms with Crippen molar-refractivity contribution < 1.29 is 4.74 Å². The number of aryl methyl sites for hydroxylation is 1. The summed E-state index contributed by atoms with van der Waals surface area (Å²) in [7, 11) is 3.46. The van der Waals surface area contributed by atoms with Crippen LogP contribution in [0.2, 0.25) is 0 Å². The second kappa shape index (κ2) is 8.42. The molecule has 0 spiro atoms. The third-order valence-corrected chi connectivity index (χ3v) is 4.09. The smallest absolute Gasteiger partial charge is 0.222 e. The van der Waals surface area contributed by atoms with E-state index in [0.29, 0.717) is 12.4 Å². The van der Waals surface area contributed by atoms with Gasteiger partial charge in [-0.2, -0.15) is 5.10 Å². The Morgan fingerprint density at radius 2 is 1.85 bits per heavy atom. The van der Waals surface area contributed by atoms with E-state index in [-0.39, 0.29) is 0 Å². The normalized spacial score (nSPS) is 10.7. The predicted molar refractivity (Wildman–Crippen MR) is 101 cm³/mol. The minimum atomic E-state index is 0.590. The molecule has 0 fully saturated rings. The van der Waals surface area contributed by atoms with Gasteiger partial charge in [0, 0.05) is 32.4 Å². The molecule has 0 aliphatic rings. The number of rotatable bonds is 8. The number of hydrogen-bond acceptors (Lipinski definition) is 6. The highest BCUT2D eigenvalue weighted by Crippen LogP contribution is 2.19. The van der Waals surface area contributed by atoms with Crippen molar-refractivity contribution in [3.63, 3.8) is 0 Å². The van der Waals surface area contributed by atoms with E-state index in [1.807, 2.05) is 28.9 Å². The maximum Gasteiger partial charge on any atom is 0.222 e.